The number of hydrogen-bond acceptors (Lipinski definition) is 4. The minimum atomic E-state index is -1.56. The molecule has 4 nitrogen and oxygen atoms in total. The number of halogens is 6. The molecule has 1 atom stereocenters. The van der Waals surface area contributed by atoms with Crippen LogP contribution >= 0.6 is 69.6 Å². The monoisotopic (exact) mass is 489 g/mol. The third kappa shape index (κ3) is 11.2. The summed E-state index contributed by atoms with van der Waals surface area (Å²) in [5.41, 5.74) is 1.28. The summed E-state index contributed by atoms with van der Waals surface area (Å²) < 4.78 is 7.97. The van der Waals surface area contributed by atoms with E-state index < -0.39 is 19.6 Å². The highest BCUT2D eigenvalue weighted by Crippen LogP contribution is 2.35. The van der Waals surface area contributed by atoms with Crippen LogP contribution in [0.5, 0.6) is 0 Å². The fourth-order valence-corrected chi connectivity index (χ4v) is 3.14. The van der Waals surface area contributed by atoms with Crippen LogP contribution in [-0.2, 0) is 9.47 Å². The van der Waals surface area contributed by atoms with Crippen molar-refractivity contribution in [2.75, 3.05) is 13.2 Å². The van der Waals surface area contributed by atoms with Crippen LogP contribution in [0, 0.1) is 5.92 Å². The van der Waals surface area contributed by atoms with Gasteiger partial charge in [0.05, 0.1) is 13.2 Å². The van der Waals surface area contributed by atoms with Gasteiger partial charge in [-0.1, -0.05) is 76.5 Å². The van der Waals surface area contributed by atoms with Gasteiger partial charge < -0.3 is 19.9 Å². The highest BCUT2D eigenvalue weighted by atomic mass is 35.6. The Morgan fingerprint density at radius 2 is 1.58 bits per heavy atom. The zero-order valence-corrected chi connectivity index (χ0v) is 19.5. The van der Waals surface area contributed by atoms with Gasteiger partial charge in [-0.15, -0.1) is 0 Å². The summed E-state index contributed by atoms with van der Waals surface area (Å²) in [6.45, 7) is 5.26. The predicted molar refractivity (Wildman–Crippen MR) is 110 cm³/mol. The summed E-state index contributed by atoms with van der Waals surface area (Å²) in [5.74, 6) is 0.391. The number of allylic oxidation sites excluding steroid dienone is 2. The molecular weight excluding hydrogens is 467 g/mol. The number of rotatable bonds is 9. The lowest BCUT2D eigenvalue weighted by atomic mass is 9.99. The van der Waals surface area contributed by atoms with Crippen molar-refractivity contribution >= 4 is 69.6 Å². The topological polar surface area (TPSA) is 50.7 Å². The average molecular weight is 492 g/mol. The lowest BCUT2D eigenvalue weighted by Crippen LogP contribution is -2.38. The molecule has 1 unspecified atom stereocenters. The third-order valence-corrected chi connectivity index (χ3v) is 4.44. The number of aliphatic hydroxyl groups is 1. The average Bonchev–Trinajstić information content (AvgIpc) is 2.74. The Bertz CT molecular complexity index is 464. The van der Waals surface area contributed by atoms with Crippen LogP contribution < -0.4 is 5.32 Å². The van der Waals surface area contributed by atoms with E-state index in [0.29, 0.717) is 18.8 Å². The van der Waals surface area contributed by atoms with E-state index in [0.717, 1.165) is 18.5 Å². The zero-order chi connectivity index (χ0) is 20.2. The zero-order valence-electron chi connectivity index (χ0n) is 14.9. The second-order valence-corrected chi connectivity index (χ2v) is 12.0. The van der Waals surface area contributed by atoms with Crippen molar-refractivity contribution in [2.24, 2.45) is 5.92 Å². The molecule has 1 rings (SSSR count). The van der Waals surface area contributed by atoms with Gasteiger partial charge >= 0.3 is 0 Å². The molecule has 2 N–H and O–H groups in total. The molecule has 10 heteroatoms. The highest BCUT2D eigenvalue weighted by Gasteiger charge is 2.29. The SMILES string of the molecule is CC1CCC(NC(C)(C)O)=C1CCC(OCC(Cl)(Cl)Cl)OCC(Cl)(Cl)Cl. The highest BCUT2D eigenvalue weighted by molar-refractivity contribution is 6.68. The molecule has 26 heavy (non-hydrogen) atoms. The van der Waals surface area contributed by atoms with E-state index in [4.69, 9.17) is 79.1 Å². The second-order valence-electron chi connectivity index (χ2n) is 6.95. The van der Waals surface area contributed by atoms with Crippen molar-refractivity contribution in [3.8, 4) is 0 Å². The molecular formula is C16H25Cl6NO3. The molecule has 0 bridgehead atoms. The summed E-state index contributed by atoms with van der Waals surface area (Å²) in [4.78, 5) is 0. The van der Waals surface area contributed by atoms with E-state index in [-0.39, 0.29) is 13.2 Å². The van der Waals surface area contributed by atoms with Crippen molar-refractivity contribution in [3.05, 3.63) is 11.3 Å². The maximum atomic E-state index is 10.0. The van der Waals surface area contributed by atoms with Gasteiger partial charge in [0, 0.05) is 12.1 Å². The van der Waals surface area contributed by atoms with Crippen LogP contribution in [-0.4, -0.2) is 37.9 Å². The summed E-state index contributed by atoms with van der Waals surface area (Å²) in [6, 6.07) is 0. The van der Waals surface area contributed by atoms with E-state index in [1.807, 2.05) is 0 Å². The molecule has 1 aliphatic carbocycles. The molecule has 0 aromatic heterocycles. The molecule has 0 aliphatic heterocycles. The van der Waals surface area contributed by atoms with Crippen LogP contribution in [0.4, 0.5) is 0 Å². The van der Waals surface area contributed by atoms with E-state index in [1.54, 1.807) is 13.8 Å². The third-order valence-electron chi connectivity index (χ3n) is 3.78. The Kier molecular flexibility index (Phi) is 9.95. The molecule has 0 aromatic carbocycles. The molecule has 0 saturated heterocycles. The maximum Gasteiger partial charge on any atom is 0.213 e. The van der Waals surface area contributed by atoms with Crippen molar-refractivity contribution in [1.82, 2.24) is 5.32 Å². The van der Waals surface area contributed by atoms with Crippen LogP contribution in [0.25, 0.3) is 0 Å². The summed E-state index contributed by atoms with van der Waals surface area (Å²) >= 11 is 34.4. The Morgan fingerprint density at radius 1 is 1.08 bits per heavy atom. The van der Waals surface area contributed by atoms with Crippen molar-refractivity contribution < 1.29 is 14.6 Å². The first-order valence-electron chi connectivity index (χ1n) is 8.25. The van der Waals surface area contributed by atoms with Gasteiger partial charge in [0.25, 0.3) is 0 Å². The van der Waals surface area contributed by atoms with Crippen molar-refractivity contribution in [1.29, 1.82) is 0 Å². The molecule has 0 aromatic rings. The Hall–Kier alpha value is 1.16. The number of nitrogens with one attached hydrogen (secondary N) is 1. The molecule has 0 saturated carbocycles. The van der Waals surface area contributed by atoms with E-state index >= 15 is 0 Å². The summed E-state index contributed by atoms with van der Waals surface area (Å²) in [6.07, 6.45) is 2.39. The van der Waals surface area contributed by atoms with E-state index in [1.165, 1.54) is 5.57 Å². The van der Waals surface area contributed by atoms with Crippen molar-refractivity contribution in [3.63, 3.8) is 0 Å². The van der Waals surface area contributed by atoms with Gasteiger partial charge in [-0.2, -0.15) is 0 Å². The number of alkyl halides is 6. The van der Waals surface area contributed by atoms with Gasteiger partial charge in [-0.25, -0.2) is 0 Å². The molecule has 0 amide bonds. The van der Waals surface area contributed by atoms with Gasteiger partial charge in [-0.3, -0.25) is 0 Å². The Balaban J connectivity index is 2.74. The number of ether oxygens (including phenoxy) is 2. The normalized spacial score (nSPS) is 19.6. The standard InChI is InChI=1S/C16H25Cl6NO3/c1-10-4-6-12(23-14(2,3)24)11(10)5-7-13(25-8-15(17,18)19)26-9-16(20,21)22/h10,13,23-24H,4-9H2,1-3H3. The van der Waals surface area contributed by atoms with E-state index in [9.17, 15) is 5.11 Å². The Labute approximate surface area is 185 Å². The Morgan fingerprint density at radius 3 is 2.00 bits per heavy atom. The smallest absolute Gasteiger partial charge is 0.213 e. The van der Waals surface area contributed by atoms with Gasteiger partial charge in [0.2, 0.25) is 7.59 Å². The van der Waals surface area contributed by atoms with Crippen molar-refractivity contribution in [2.45, 2.75) is 66.1 Å². The lowest BCUT2D eigenvalue weighted by Gasteiger charge is -2.25. The van der Waals surface area contributed by atoms with Crippen LogP contribution in [0.1, 0.15) is 46.5 Å². The fourth-order valence-electron chi connectivity index (χ4n) is 2.77. The first-order chi connectivity index (χ1) is 11.7. The van der Waals surface area contributed by atoms with Gasteiger partial charge in [0.15, 0.2) is 6.29 Å². The van der Waals surface area contributed by atoms with Crippen LogP contribution in [0.15, 0.2) is 11.3 Å². The van der Waals surface area contributed by atoms with Gasteiger partial charge in [-0.05, 0) is 44.6 Å². The fraction of sp³-hybridized carbons (Fsp3) is 0.875. The molecule has 154 valence electrons. The van der Waals surface area contributed by atoms with E-state index in [2.05, 4.69) is 12.2 Å². The largest absolute Gasteiger partial charge is 0.372 e. The predicted octanol–water partition coefficient (Wildman–Crippen LogP) is 5.87. The molecule has 1 aliphatic rings. The number of hydrogen-bond donors (Lipinski definition) is 2. The first kappa shape index (κ1) is 25.2. The minimum Gasteiger partial charge on any atom is -0.372 e. The maximum absolute atomic E-state index is 10.0. The second kappa shape index (κ2) is 10.3. The minimum absolute atomic E-state index is 0.147. The van der Waals surface area contributed by atoms with Gasteiger partial charge in [0.1, 0.15) is 5.72 Å². The first-order valence-corrected chi connectivity index (χ1v) is 10.5. The molecule has 0 heterocycles. The summed E-state index contributed by atoms with van der Waals surface area (Å²) in [5, 5.41) is 13.2. The van der Waals surface area contributed by atoms with Crippen LogP contribution in [0.3, 0.4) is 0 Å². The quantitative estimate of drug-likeness (QED) is 0.313. The summed E-state index contributed by atoms with van der Waals surface area (Å²) in [7, 11) is 0. The molecule has 0 fully saturated rings. The molecule has 0 radical (unpaired) electrons. The van der Waals surface area contributed by atoms with Crippen LogP contribution in [0.2, 0.25) is 0 Å². The molecule has 0 spiro atoms. The lowest BCUT2D eigenvalue weighted by molar-refractivity contribution is -0.143.